The lowest BCUT2D eigenvalue weighted by molar-refractivity contribution is 0.0566. The van der Waals surface area contributed by atoms with Gasteiger partial charge in [-0.05, 0) is 39.3 Å². The first-order valence-electron chi connectivity index (χ1n) is 10.2. The summed E-state index contributed by atoms with van der Waals surface area (Å²) < 4.78 is 38.7. The van der Waals surface area contributed by atoms with E-state index in [0.29, 0.717) is 36.2 Å². The number of hydrogen-bond acceptors (Lipinski definition) is 9. The van der Waals surface area contributed by atoms with Gasteiger partial charge in [-0.2, -0.15) is 12.7 Å². The van der Waals surface area contributed by atoms with Gasteiger partial charge in [-0.1, -0.05) is 0 Å². The molecule has 0 spiro atoms. The van der Waals surface area contributed by atoms with Crippen molar-refractivity contribution in [3.63, 3.8) is 0 Å². The molecule has 12 nitrogen and oxygen atoms in total. The Morgan fingerprint density at radius 1 is 1.12 bits per heavy atom. The first-order valence-corrected chi connectivity index (χ1v) is 11.7. The van der Waals surface area contributed by atoms with Gasteiger partial charge in [-0.3, -0.25) is 0 Å². The number of methoxy groups -OCH3 is 1. The summed E-state index contributed by atoms with van der Waals surface area (Å²) in [6, 6.07) is 2.98. The number of nitrogens with one attached hydrogen (secondary N) is 1. The van der Waals surface area contributed by atoms with Crippen LogP contribution in [0.5, 0.6) is 5.75 Å². The number of aromatic carboxylic acids is 1. The van der Waals surface area contributed by atoms with Gasteiger partial charge in [0.15, 0.2) is 0 Å². The summed E-state index contributed by atoms with van der Waals surface area (Å²) in [6.07, 6.45) is 0.774. The minimum absolute atomic E-state index is 0.0176. The molecule has 3 rings (SSSR count). The number of fused-ring (bicyclic) bond motifs is 1. The monoisotopic (exact) mass is 481 g/mol. The van der Waals surface area contributed by atoms with Crippen molar-refractivity contribution in [2.75, 3.05) is 38.2 Å². The van der Waals surface area contributed by atoms with E-state index >= 15 is 0 Å². The molecular formula is C20H27N5O7S. The van der Waals surface area contributed by atoms with Crippen LogP contribution in [0.4, 0.5) is 10.6 Å². The molecule has 1 aromatic heterocycles. The minimum atomic E-state index is -4.09. The molecule has 1 fully saturated rings. The Balaban J connectivity index is 1.82. The van der Waals surface area contributed by atoms with Crippen LogP contribution >= 0.6 is 0 Å². The highest BCUT2D eigenvalue weighted by Crippen LogP contribution is 2.30. The predicted octanol–water partition coefficient (Wildman–Crippen LogP) is 1.62. The molecule has 1 aliphatic heterocycles. The van der Waals surface area contributed by atoms with Gasteiger partial charge in [0, 0.05) is 31.6 Å². The summed E-state index contributed by atoms with van der Waals surface area (Å²) in [4.78, 5) is 33.9. The third kappa shape index (κ3) is 5.79. The molecule has 1 saturated heterocycles. The third-order valence-corrected chi connectivity index (χ3v) is 6.34. The fourth-order valence-corrected chi connectivity index (χ4v) is 4.55. The lowest BCUT2D eigenvalue weighted by Crippen LogP contribution is -2.46. The molecule has 13 heteroatoms. The zero-order valence-corrected chi connectivity index (χ0v) is 19.7. The van der Waals surface area contributed by atoms with E-state index < -0.39 is 27.9 Å². The number of hydrogen-bond donors (Lipinski definition) is 2. The number of amides is 1. The van der Waals surface area contributed by atoms with E-state index in [1.165, 1.54) is 23.8 Å². The highest BCUT2D eigenvalue weighted by atomic mass is 32.2. The summed E-state index contributed by atoms with van der Waals surface area (Å²) >= 11 is 0. The van der Waals surface area contributed by atoms with Gasteiger partial charge in [0.25, 0.3) is 0 Å². The maximum absolute atomic E-state index is 12.7. The fourth-order valence-electron chi connectivity index (χ4n) is 3.47. The summed E-state index contributed by atoms with van der Waals surface area (Å²) in [5.41, 5.74) is -0.417. The maximum atomic E-state index is 12.7. The standard InChI is InChI=1S/C20H27N5O7S/c1-20(2,3)32-19(28)23-33(29,30)25-7-5-6-24(8-9-25)17-13-11-16(31-4)14(18(26)27)10-15(13)21-12-22-17/h10-12H,5-9H2,1-4H3,(H,23,28)(H,26,27). The largest absolute Gasteiger partial charge is 0.496 e. The molecule has 2 aromatic rings. The molecule has 0 atom stereocenters. The van der Waals surface area contributed by atoms with E-state index in [-0.39, 0.29) is 24.4 Å². The predicted molar refractivity (Wildman–Crippen MR) is 120 cm³/mol. The second-order valence-electron chi connectivity index (χ2n) is 8.42. The highest BCUT2D eigenvalue weighted by Gasteiger charge is 2.29. The molecule has 0 bridgehead atoms. The first-order chi connectivity index (χ1) is 15.4. The zero-order valence-electron chi connectivity index (χ0n) is 18.9. The van der Waals surface area contributed by atoms with Gasteiger partial charge in [0.05, 0.1) is 12.6 Å². The molecule has 2 heterocycles. The minimum Gasteiger partial charge on any atom is -0.496 e. The van der Waals surface area contributed by atoms with Crippen LogP contribution in [0.15, 0.2) is 18.5 Å². The SMILES string of the molecule is COc1cc2c(N3CCCN(S(=O)(=O)NC(=O)OC(C)(C)C)CC3)ncnc2cc1C(=O)O. The molecule has 1 amide bonds. The Hall–Kier alpha value is -3.19. The summed E-state index contributed by atoms with van der Waals surface area (Å²) in [7, 11) is -2.71. The number of rotatable bonds is 5. The van der Waals surface area contributed by atoms with Crippen molar-refractivity contribution < 1.29 is 32.6 Å². The topological polar surface area (TPSA) is 151 Å². The van der Waals surface area contributed by atoms with Crippen molar-refractivity contribution in [1.82, 2.24) is 19.0 Å². The van der Waals surface area contributed by atoms with Crippen LogP contribution in [0.1, 0.15) is 37.6 Å². The zero-order chi connectivity index (χ0) is 24.4. The number of carbonyl (C=O) groups excluding carboxylic acids is 1. The van der Waals surface area contributed by atoms with Gasteiger partial charge >= 0.3 is 22.3 Å². The molecule has 1 aliphatic rings. The number of carboxylic acid groups (broad SMARTS) is 1. The van der Waals surface area contributed by atoms with Gasteiger partial charge in [0.1, 0.15) is 29.1 Å². The number of aromatic nitrogens is 2. The van der Waals surface area contributed by atoms with E-state index in [0.717, 1.165) is 0 Å². The average Bonchev–Trinajstić information content (AvgIpc) is 2.97. The van der Waals surface area contributed by atoms with Crippen molar-refractivity contribution in [3.05, 3.63) is 24.0 Å². The van der Waals surface area contributed by atoms with Crippen LogP contribution in [-0.4, -0.2) is 78.7 Å². The molecule has 1 aromatic carbocycles. The fraction of sp³-hybridized carbons (Fsp3) is 0.500. The smallest absolute Gasteiger partial charge is 0.422 e. The van der Waals surface area contributed by atoms with E-state index in [4.69, 9.17) is 9.47 Å². The molecule has 180 valence electrons. The number of ether oxygens (including phenoxy) is 2. The number of nitrogens with zero attached hydrogens (tertiary/aromatic N) is 4. The lowest BCUT2D eigenvalue weighted by Gasteiger charge is -2.24. The van der Waals surface area contributed by atoms with Crippen molar-refractivity contribution in [2.45, 2.75) is 32.8 Å². The first kappa shape index (κ1) is 24.5. The van der Waals surface area contributed by atoms with Crippen LogP contribution in [0.2, 0.25) is 0 Å². The Morgan fingerprint density at radius 2 is 1.85 bits per heavy atom. The number of carbonyl (C=O) groups is 2. The number of anilines is 1. The van der Waals surface area contributed by atoms with Crippen molar-refractivity contribution in [3.8, 4) is 5.75 Å². The quantitative estimate of drug-likeness (QED) is 0.644. The molecule has 33 heavy (non-hydrogen) atoms. The third-order valence-electron chi connectivity index (χ3n) is 4.87. The van der Waals surface area contributed by atoms with Crippen LogP contribution in [0.3, 0.4) is 0 Å². The van der Waals surface area contributed by atoms with E-state index in [2.05, 4.69) is 9.97 Å². The number of benzene rings is 1. The normalized spacial score (nSPS) is 15.7. The molecule has 0 saturated carbocycles. The van der Waals surface area contributed by atoms with Gasteiger partial charge < -0.3 is 19.5 Å². The maximum Gasteiger partial charge on any atom is 0.422 e. The Kier molecular flexibility index (Phi) is 6.93. The van der Waals surface area contributed by atoms with Gasteiger partial charge in [-0.15, -0.1) is 0 Å². The Labute approximate surface area is 191 Å². The lowest BCUT2D eigenvalue weighted by atomic mass is 10.1. The summed E-state index contributed by atoms with van der Waals surface area (Å²) in [5.74, 6) is -0.428. The van der Waals surface area contributed by atoms with Crippen molar-refractivity contribution >= 4 is 39.0 Å². The van der Waals surface area contributed by atoms with Crippen LogP contribution < -0.4 is 14.4 Å². The highest BCUT2D eigenvalue weighted by molar-refractivity contribution is 7.87. The second-order valence-corrected chi connectivity index (χ2v) is 10.1. The molecule has 0 unspecified atom stereocenters. The summed E-state index contributed by atoms with van der Waals surface area (Å²) in [5, 5.41) is 9.99. The number of carboxylic acids is 1. The van der Waals surface area contributed by atoms with E-state index in [1.54, 1.807) is 26.8 Å². The van der Waals surface area contributed by atoms with Crippen LogP contribution in [0, 0.1) is 0 Å². The average molecular weight is 482 g/mol. The molecule has 0 aliphatic carbocycles. The Morgan fingerprint density at radius 3 is 2.48 bits per heavy atom. The van der Waals surface area contributed by atoms with E-state index in [1.807, 2.05) is 9.62 Å². The van der Waals surface area contributed by atoms with Gasteiger partial charge in [0.2, 0.25) is 0 Å². The van der Waals surface area contributed by atoms with Crippen LogP contribution in [-0.2, 0) is 14.9 Å². The molecular weight excluding hydrogens is 454 g/mol. The van der Waals surface area contributed by atoms with Crippen LogP contribution in [0.25, 0.3) is 10.9 Å². The molecule has 0 radical (unpaired) electrons. The second kappa shape index (κ2) is 9.35. The van der Waals surface area contributed by atoms with Crippen molar-refractivity contribution in [2.24, 2.45) is 0 Å². The van der Waals surface area contributed by atoms with Gasteiger partial charge in [-0.25, -0.2) is 24.3 Å². The summed E-state index contributed by atoms with van der Waals surface area (Å²) in [6.45, 7) is 6.02. The van der Waals surface area contributed by atoms with Crippen molar-refractivity contribution in [1.29, 1.82) is 0 Å². The molecule has 2 N–H and O–H groups in total. The van der Waals surface area contributed by atoms with E-state index in [9.17, 15) is 23.1 Å². The Bertz CT molecular complexity index is 1160.